The largest absolute Gasteiger partial charge is 0.480 e. The minimum Gasteiger partial charge on any atom is -0.480 e. The van der Waals surface area contributed by atoms with Crippen LogP contribution in [0.2, 0.25) is 0 Å². The molecule has 0 aromatic heterocycles. The summed E-state index contributed by atoms with van der Waals surface area (Å²) in [4.78, 5) is 24.2. The first kappa shape index (κ1) is 11.3. The van der Waals surface area contributed by atoms with Gasteiger partial charge in [0.05, 0.1) is 12.1 Å². The molecule has 0 saturated carbocycles. The number of hydrogen-bond donors (Lipinski definition) is 3. The number of hydrogen-bond acceptors (Lipinski definition) is 4. The van der Waals surface area contributed by atoms with Crippen molar-refractivity contribution in [1.29, 1.82) is 0 Å². The number of aliphatic hydroxyl groups excluding tert-OH is 1. The number of nitrogens with zero attached hydrogens (tertiary/aromatic N) is 1. The van der Waals surface area contributed by atoms with Crippen molar-refractivity contribution in [1.82, 2.24) is 10.2 Å². The summed E-state index contributed by atoms with van der Waals surface area (Å²) in [6.45, 7) is 0.929. The Morgan fingerprint density at radius 1 is 1.38 bits per heavy atom. The van der Waals surface area contributed by atoms with Gasteiger partial charge >= 0.3 is 5.97 Å². The van der Waals surface area contributed by atoms with Crippen LogP contribution in [0.5, 0.6) is 0 Å². The molecule has 2 aliphatic rings. The lowest BCUT2D eigenvalue weighted by atomic mass is 10.1. The summed E-state index contributed by atoms with van der Waals surface area (Å²) in [6, 6.07) is -1.14. The molecule has 6 heteroatoms. The number of aliphatic hydroxyl groups is 1. The Labute approximate surface area is 93.2 Å². The Kier molecular flexibility index (Phi) is 3.11. The van der Waals surface area contributed by atoms with E-state index in [2.05, 4.69) is 5.32 Å². The fourth-order valence-electron chi connectivity index (χ4n) is 2.39. The summed E-state index contributed by atoms with van der Waals surface area (Å²) >= 11 is 0. The lowest BCUT2D eigenvalue weighted by Gasteiger charge is -2.24. The van der Waals surface area contributed by atoms with E-state index in [0.29, 0.717) is 0 Å². The normalized spacial score (nSPS) is 34.3. The Morgan fingerprint density at radius 2 is 2.12 bits per heavy atom. The maximum Gasteiger partial charge on any atom is 0.326 e. The van der Waals surface area contributed by atoms with Gasteiger partial charge in [-0.2, -0.15) is 0 Å². The van der Waals surface area contributed by atoms with E-state index >= 15 is 0 Å². The fraction of sp³-hybridized carbons (Fsp3) is 0.800. The van der Waals surface area contributed by atoms with Gasteiger partial charge in [0.1, 0.15) is 6.04 Å². The second-order valence-corrected chi connectivity index (χ2v) is 4.38. The molecular weight excluding hydrogens is 212 g/mol. The first-order valence-electron chi connectivity index (χ1n) is 5.54. The summed E-state index contributed by atoms with van der Waals surface area (Å²) in [7, 11) is 0. The maximum atomic E-state index is 12.0. The zero-order valence-corrected chi connectivity index (χ0v) is 8.93. The quantitative estimate of drug-likeness (QED) is 0.551. The first-order valence-corrected chi connectivity index (χ1v) is 5.54. The smallest absolute Gasteiger partial charge is 0.326 e. The molecule has 3 atom stereocenters. The van der Waals surface area contributed by atoms with Crippen LogP contribution in [0.1, 0.15) is 19.3 Å². The molecule has 0 aromatic rings. The zero-order valence-electron chi connectivity index (χ0n) is 8.93. The van der Waals surface area contributed by atoms with E-state index in [1.54, 1.807) is 0 Å². The summed E-state index contributed by atoms with van der Waals surface area (Å²) < 4.78 is 0. The fourth-order valence-corrected chi connectivity index (χ4v) is 2.39. The predicted octanol–water partition coefficient (Wildman–Crippen LogP) is -1.22. The Balaban J connectivity index is 2.06. The van der Waals surface area contributed by atoms with E-state index in [0.717, 1.165) is 19.4 Å². The molecule has 0 radical (unpaired) electrons. The van der Waals surface area contributed by atoms with E-state index in [4.69, 9.17) is 5.11 Å². The molecule has 2 fully saturated rings. The van der Waals surface area contributed by atoms with Gasteiger partial charge < -0.3 is 20.4 Å². The molecule has 0 spiro atoms. The van der Waals surface area contributed by atoms with E-state index < -0.39 is 18.1 Å². The van der Waals surface area contributed by atoms with Crippen LogP contribution in [0.15, 0.2) is 0 Å². The summed E-state index contributed by atoms with van der Waals surface area (Å²) in [6.07, 6.45) is 1.10. The van der Waals surface area contributed by atoms with Crippen LogP contribution in [0.25, 0.3) is 0 Å². The van der Waals surface area contributed by atoms with Crippen molar-refractivity contribution in [2.75, 3.05) is 13.1 Å². The van der Waals surface area contributed by atoms with Crippen molar-refractivity contribution in [3.8, 4) is 0 Å². The van der Waals surface area contributed by atoms with Gasteiger partial charge in [0.2, 0.25) is 5.91 Å². The molecule has 2 aliphatic heterocycles. The lowest BCUT2D eigenvalue weighted by Crippen LogP contribution is -2.48. The number of nitrogens with one attached hydrogen (secondary N) is 1. The molecule has 6 nitrogen and oxygen atoms in total. The van der Waals surface area contributed by atoms with Crippen molar-refractivity contribution in [2.45, 2.75) is 37.5 Å². The monoisotopic (exact) mass is 228 g/mol. The first-order chi connectivity index (χ1) is 7.59. The van der Waals surface area contributed by atoms with E-state index in [9.17, 15) is 14.7 Å². The highest BCUT2D eigenvalue weighted by atomic mass is 16.4. The molecular formula is C10H16N2O4. The van der Waals surface area contributed by atoms with E-state index in [1.165, 1.54) is 4.90 Å². The lowest BCUT2D eigenvalue weighted by molar-refractivity contribution is -0.148. The standard InChI is InChI=1S/C10H16N2O4/c13-6-4-8(10(15)16)12(5-6)9(14)7-2-1-3-11-7/h6-8,11,13H,1-5H2,(H,15,16)/t6-,7-,8-/m0/s1. The third kappa shape index (κ3) is 2.03. The number of carbonyl (C=O) groups is 2. The molecule has 90 valence electrons. The number of aliphatic carboxylic acids is 1. The molecule has 0 aliphatic carbocycles. The van der Waals surface area contributed by atoms with Gasteiger partial charge in [-0.25, -0.2) is 4.79 Å². The molecule has 2 rings (SSSR count). The third-order valence-corrected chi connectivity index (χ3v) is 3.21. The molecule has 16 heavy (non-hydrogen) atoms. The highest BCUT2D eigenvalue weighted by Crippen LogP contribution is 2.21. The third-order valence-electron chi connectivity index (χ3n) is 3.21. The van der Waals surface area contributed by atoms with Crippen LogP contribution in [-0.4, -0.2) is 58.3 Å². The van der Waals surface area contributed by atoms with Gasteiger partial charge in [0.15, 0.2) is 0 Å². The predicted molar refractivity (Wildman–Crippen MR) is 54.8 cm³/mol. The van der Waals surface area contributed by atoms with Gasteiger partial charge in [-0.3, -0.25) is 4.79 Å². The number of carboxylic acid groups (broad SMARTS) is 1. The Bertz CT molecular complexity index is 301. The molecule has 2 heterocycles. The van der Waals surface area contributed by atoms with Crippen molar-refractivity contribution >= 4 is 11.9 Å². The summed E-state index contributed by atoms with van der Waals surface area (Å²) in [5.74, 6) is -1.23. The zero-order chi connectivity index (χ0) is 11.7. The molecule has 3 N–H and O–H groups in total. The molecule has 0 bridgehead atoms. The highest BCUT2D eigenvalue weighted by Gasteiger charge is 2.41. The number of rotatable bonds is 2. The SMILES string of the molecule is O=C(O)[C@@H]1C[C@H](O)CN1C(=O)[C@@H]1CCCN1. The molecule has 0 unspecified atom stereocenters. The molecule has 1 amide bonds. The van der Waals surface area contributed by atoms with Crippen LogP contribution in [0.3, 0.4) is 0 Å². The van der Waals surface area contributed by atoms with E-state index in [1.807, 2.05) is 0 Å². The maximum absolute atomic E-state index is 12.0. The van der Waals surface area contributed by atoms with Crippen LogP contribution in [0.4, 0.5) is 0 Å². The topological polar surface area (TPSA) is 89.9 Å². The minimum atomic E-state index is -1.04. The Morgan fingerprint density at radius 3 is 2.69 bits per heavy atom. The number of likely N-dealkylation sites (tertiary alicyclic amines) is 1. The minimum absolute atomic E-state index is 0.133. The van der Waals surface area contributed by atoms with Crippen molar-refractivity contribution < 1.29 is 19.8 Å². The molecule has 2 saturated heterocycles. The van der Waals surface area contributed by atoms with Crippen LogP contribution in [0, 0.1) is 0 Å². The molecule has 0 aromatic carbocycles. The number of carbonyl (C=O) groups excluding carboxylic acids is 1. The second kappa shape index (κ2) is 4.39. The van der Waals surface area contributed by atoms with Crippen LogP contribution < -0.4 is 5.32 Å². The van der Waals surface area contributed by atoms with Gasteiger partial charge in [0.25, 0.3) is 0 Å². The van der Waals surface area contributed by atoms with Gasteiger partial charge in [0, 0.05) is 13.0 Å². The van der Waals surface area contributed by atoms with E-state index in [-0.39, 0.29) is 24.9 Å². The summed E-state index contributed by atoms with van der Waals surface area (Å²) in [5, 5.41) is 21.4. The van der Waals surface area contributed by atoms with Gasteiger partial charge in [-0.1, -0.05) is 0 Å². The Hall–Kier alpha value is -1.14. The number of β-amino-alcohol motifs (C(OH)–C–C–N with tert-alkyl or cyclic N) is 1. The average Bonchev–Trinajstić information content (AvgIpc) is 2.84. The summed E-state index contributed by atoms with van der Waals surface area (Å²) in [5.41, 5.74) is 0. The number of amides is 1. The van der Waals surface area contributed by atoms with Crippen LogP contribution in [-0.2, 0) is 9.59 Å². The van der Waals surface area contributed by atoms with Gasteiger partial charge in [-0.15, -0.1) is 0 Å². The second-order valence-electron chi connectivity index (χ2n) is 4.38. The highest BCUT2D eigenvalue weighted by molar-refractivity contribution is 5.87. The van der Waals surface area contributed by atoms with Crippen molar-refractivity contribution in [2.24, 2.45) is 0 Å². The number of carboxylic acids is 1. The van der Waals surface area contributed by atoms with Crippen molar-refractivity contribution in [3.05, 3.63) is 0 Å². The van der Waals surface area contributed by atoms with Crippen molar-refractivity contribution in [3.63, 3.8) is 0 Å². The van der Waals surface area contributed by atoms with Crippen LogP contribution >= 0.6 is 0 Å². The van der Waals surface area contributed by atoms with Gasteiger partial charge in [-0.05, 0) is 19.4 Å². The average molecular weight is 228 g/mol.